The molecule has 3 heterocycles. The molecule has 170 valence electrons. The maximum absolute atomic E-state index is 12.6. The monoisotopic (exact) mass is 693 g/mol. The number of amides is 2. The Morgan fingerprint density at radius 2 is 1.41 bits per heavy atom. The molecule has 4 rings (SSSR count). The van der Waals surface area contributed by atoms with Gasteiger partial charge in [0.1, 0.15) is 11.4 Å². The zero-order valence-electron chi connectivity index (χ0n) is 16.5. The fourth-order valence-corrected chi connectivity index (χ4v) is 5.13. The average molecular weight is 697 g/mol. The van der Waals surface area contributed by atoms with E-state index in [2.05, 4.69) is 94.3 Å². The van der Waals surface area contributed by atoms with Crippen LogP contribution in [-0.2, 0) is 12.8 Å². The number of aromatic nitrogens is 4. The van der Waals surface area contributed by atoms with Gasteiger partial charge in [-0.1, -0.05) is 0 Å². The molecule has 0 spiro atoms. The van der Waals surface area contributed by atoms with Crippen molar-refractivity contribution in [3.05, 3.63) is 53.1 Å². The summed E-state index contributed by atoms with van der Waals surface area (Å²) in [6, 6.07) is 3.44. The first-order chi connectivity index (χ1) is 15.2. The second-order valence-corrected chi connectivity index (χ2v) is 10.9. The number of aromatic amines is 3. The fourth-order valence-electron chi connectivity index (χ4n) is 3.82. The number of nitrogens with zero attached hydrogens (tertiary/aromatic N) is 1. The number of imidazole rings is 1. The Bertz CT molecular complexity index is 1040. The van der Waals surface area contributed by atoms with Gasteiger partial charge in [-0.15, -0.1) is 0 Å². The third-order valence-corrected chi connectivity index (χ3v) is 9.03. The molecular weight excluding hydrogens is 678 g/mol. The summed E-state index contributed by atoms with van der Waals surface area (Å²) in [7, 11) is 0. The topological polar surface area (TPSA) is 144 Å². The lowest BCUT2D eigenvalue weighted by molar-refractivity contribution is 0.0911. The highest BCUT2D eigenvalue weighted by molar-refractivity contribution is 9.13. The summed E-state index contributed by atoms with van der Waals surface area (Å²) in [4.78, 5) is 38.6. The minimum absolute atomic E-state index is 0.0819. The van der Waals surface area contributed by atoms with E-state index in [0.717, 1.165) is 20.3 Å². The highest BCUT2D eigenvalue weighted by atomic mass is 79.9. The Morgan fingerprint density at radius 3 is 1.88 bits per heavy atom. The van der Waals surface area contributed by atoms with E-state index in [1.807, 2.05) is 0 Å². The quantitative estimate of drug-likeness (QED) is 0.233. The summed E-state index contributed by atoms with van der Waals surface area (Å²) in [6.07, 6.45) is 1.33. The number of H-pyrrole nitrogens is 3. The molecule has 1 aliphatic carbocycles. The number of nitrogens with one attached hydrogen (secondary N) is 5. The van der Waals surface area contributed by atoms with Crippen LogP contribution in [0.4, 0.5) is 5.95 Å². The van der Waals surface area contributed by atoms with Crippen molar-refractivity contribution in [2.75, 3.05) is 18.8 Å². The number of halogens is 4. The molecule has 3 aromatic rings. The van der Waals surface area contributed by atoms with Gasteiger partial charge in [0.05, 0.1) is 23.8 Å². The second kappa shape index (κ2) is 9.74. The maximum Gasteiger partial charge on any atom is 0.267 e. The third kappa shape index (κ3) is 5.15. The van der Waals surface area contributed by atoms with Gasteiger partial charge in [-0.05, 0) is 101 Å². The molecule has 0 saturated heterocycles. The number of fused-ring (bicyclic) bond motifs is 1. The molecule has 0 aliphatic heterocycles. The Morgan fingerprint density at radius 1 is 0.906 bits per heavy atom. The Kier molecular flexibility index (Phi) is 7.18. The van der Waals surface area contributed by atoms with E-state index in [1.165, 1.54) is 0 Å². The molecule has 9 nitrogen and oxygen atoms in total. The number of hydrogen-bond donors (Lipinski definition) is 6. The van der Waals surface area contributed by atoms with Crippen molar-refractivity contribution in [3.8, 4) is 0 Å². The molecule has 0 fully saturated rings. The SMILES string of the molecule is Nc1nc2c([nH]1)C[C@@H](CNC(=O)c1cc(Br)c(Br)[nH]1)[C@H](CNC(=O)c1cc(Br)c(Br)[nH]1)C2. The van der Waals surface area contributed by atoms with Crippen LogP contribution in [0, 0.1) is 11.8 Å². The lowest BCUT2D eigenvalue weighted by Crippen LogP contribution is -2.42. The van der Waals surface area contributed by atoms with Crippen LogP contribution < -0.4 is 16.4 Å². The molecule has 3 aromatic heterocycles. The fraction of sp³-hybridized carbons (Fsp3) is 0.316. The van der Waals surface area contributed by atoms with Gasteiger partial charge < -0.3 is 31.3 Å². The first-order valence-electron chi connectivity index (χ1n) is 9.69. The van der Waals surface area contributed by atoms with Gasteiger partial charge in [-0.3, -0.25) is 9.59 Å². The van der Waals surface area contributed by atoms with Crippen molar-refractivity contribution in [1.82, 2.24) is 30.6 Å². The smallest absolute Gasteiger partial charge is 0.267 e. The zero-order chi connectivity index (χ0) is 23.0. The van der Waals surface area contributed by atoms with Crippen LogP contribution in [0.3, 0.4) is 0 Å². The van der Waals surface area contributed by atoms with Crippen LogP contribution in [-0.4, -0.2) is 44.8 Å². The van der Waals surface area contributed by atoms with Gasteiger partial charge >= 0.3 is 0 Å². The van der Waals surface area contributed by atoms with Crippen LogP contribution in [0.5, 0.6) is 0 Å². The Hall–Kier alpha value is -1.57. The zero-order valence-corrected chi connectivity index (χ0v) is 22.8. The van der Waals surface area contributed by atoms with Crippen molar-refractivity contribution in [3.63, 3.8) is 0 Å². The summed E-state index contributed by atoms with van der Waals surface area (Å²) in [5.41, 5.74) is 8.65. The van der Waals surface area contributed by atoms with Crippen LogP contribution in [0.15, 0.2) is 30.3 Å². The van der Waals surface area contributed by atoms with Crippen molar-refractivity contribution in [2.24, 2.45) is 11.8 Å². The second-order valence-electron chi connectivity index (χ2n) is 7.59. The van der Waals surface area contributed by atoms with Gasteiger partial charge in [-0.2, -0.15) is 0 Å². The number of nitrogens with two attached hydrogens (primary N) is 1. The number of nitrogen functional groups attached to an aromatic ring is 1. The molecular formula is C19H19Br4N7O2. The maximum atomic E-state index is 12.6. The predicted molar refractivity (Wildman–Crippen MR) is 134 cm³/mol. The van der Waals surface area contributed by atoms with Gasteiger partial charge in [0.2, 0.25) is 0 Å². The molecule has 2 amide bonds. The van der Waals surface area contributed by atoms with Gasteiger partial charge in [-0.25, -0.2) is 4.98 Å². The highest BCUT2D eigenvalue weighted by Crippen LogP contribution is 2.30. The van der Waals surface area contributed by atoms with Crippen molar-refractivity contribution in [2.45, 2.75) is 12.8 Å². The standard InChI is InChI=1S/C19H19Br4N7O2/c20-9-3-13(27-15(9)22)17(31)25-5-7-1-11-12(30-19(24)29-11)2-8(7)6-26-18(32)14-4-10(21)16(23)28-14/h3-4,7-8,27-28H,1-2,5-6H2,(H,25,31)(H,26,32)(H3,24,29,30)/t7-,8-/m0/s1. The highest BCUT2D eigenvalue weighted by Gasteiger charge is 2.32. The average Bonchev–Trinajstić information content (AvgIpc) is 3.39. The van der Waals surface area contributed by atoms with Crippen LogP contribution in [0.1, 0.15) is 32.4 Å². The molecule has 0 unspecified atom stereocenters. The van der Waals surface area contributed by atoms with E-state index in [-0.39, 0.29) is 23.7 Å². The third-order valence-electron chi connectivity index (χ3n) is 5.46. The summed E-state index contributed by atoms with van der Waals surface area (Å²) in [6.45, 7) is 0.894. The Balaban J connectivity index is 1.44. The van der Waals surface area contributed by atoms with Crippen molar-refractivity contribution < 1.29 is 9.59 Å². The van der Waals surface area contributed by atoms with Gasteiger partial charge in [0.15, 0.2) is 5.95 Å². The molecule has 32 heavy (non-hydrogen) atoms. The summed E-state index contributed by atoms with van der Waals surface area (Å²) < 4.78 is 2.97. The minimum atomic E-state index is -0.201. The molecule has 7 N–H and O–H groups in total. The summed E-state index contributed by atoms with van der Waals surface area (Å²) in [5.74, 6) is 0.154. The largest absolute Gasteiger partial charge is 0.369 e. The number of carbonyl (C=O) groups excluding carboxylic acids is 2. The van der Waals surface area contributed by atoms with Crippen molar-refractivity contribution in [1.29, 1.82) is 0 Å². The number of rotatable bonds is 6. The molecule has 0 saturated carbocycles. The van der Waals surface area contributed by atoms with Gasteiger partial charge in [0.25, 0.3) is 11.8 Å². The molecule has 2 atom stereocenters. The lowest BCUT2D eigenvalue weighted by atomic mass is 9.79. The molecule has 13 heteroatoms. The van der Waals surface area contributed by atoms with Crippen LogP contribution >= 0.6 is 63.7 Å². The van der Waals surface area contributed by atoms with Crippen LogP contribution in [0.2, 0.25) is 0 Å². The van der Waals surface area contributed by atoms with E-state index < -0.39 is 0 Å². The van der Waals surface area contributed by atoms with E-state index in [1.54, 1.807) is 12.1 Å². The number of hydrogen-bond acceptors (Lipinski definition) is 4. The minimum Gasteiger partial charge on any atom is -0.369 e. The van der Waals surface area contributed by atoms with Crippen molar-refractivity contribution >= 4 is 81.5 Å². The van der Waals surface area contributed by atoms with Gasteiger partial charge in [0, 0.05) is 18.8 Å². The lowest BCUT2D eigenvalue weighted by Gasteiger charge is -2.31. The predicted octanol–water partition coefficient (Wildman–Crippen LogP) is 3.89. The molecule has 0 aromatic carbocycles. The van der Waals surface area contributed by atoms with E-state index in [4.69, 9.17) is 5.73 Å². The molecule has 1 aliphatic rings. The normalized spacial score (nSPS) is 17.8. The summed E-state index contributed by atoms with van der Waals surface area (Å²) >= 11 is 13.4. The van der Waals surface area contributed by atoms with E-state index in [0.29, 0.717) is 52.5 Å². The van der Waals surface area contributed by atoms with E-state index >= 15 is 0 Å². The number of anilines is 1. The first-order valence-corrected chi connectivity index (χ1v) is 12.9. The van der Waals surface area contributed by atoms with E-state index in [9.17, 15) is 9.59 Å². The molecule has 0 radical (unpaired) electrons. The van der Waals surface area contributed by atoms with Crippen LogP contribution in [0.25, 0.3) is 0 Å². The Labute approximate surface area is 217 Å². The first kappa shape index (κ1) is 23.6. The molecule has 0 bridgehead atoms. The summed E-state index contributed by atoms with van der Waals surface area (Å²) in [5, 5.41) is 5.99. The number of carbonyl (C=O) groups is 2.